The second-order valence-corrected chi connectivity index (χ2v) is 10.1. The molecule has 0 aromatic heterocycles. The molecule has 0 bridgehead atoms. The summed E-state index contributed by atoms with van der Waals surface area (Å²) in [5.41, 5.74) is 3.22. The molecule has 2 aliphatic rings. The number of nitrogens with zero attached hydrogens (tertiary/aromatic N) is 2. The third-order valence-corrected chi connectivity index (χ3v) is 7.27. The minimum atomic E-state index is -5.15. The lowest BCUT2D eigenvalue weighted by Gasteiger charge is -2.35. The Morgan fingerprint density at radius 1 is 0.947 bits per heavy atom. The molecule has 9 heteroatoms. The standard InChI is InChI=1S/C29H25ClF3N3O2/c1-35(2)21-13-9-18(10-14-21)27-26-23(15-19(16-25(26)37)17-7-11-20(30)12-8-17)34-22-5-3-4-6-24(22)36(27)28(38)29(31,32)33/h3-14,19,27,34H,15-16H2,1-2H3/t19-,27-/m1/s1. The Balaban J connectivity index is 1.71. The molecule has 1 N–H and O–H groups in total. The maximum atomic E-state index is 14.0. The van der Waals surface area contributed by atoms with Crippen LogP contribution in [0.5, 0.6) is 0 Å². The van der Waals surface area contributed by atoms with Crippen LogP contribution in [0.2, 0.25) is 5.02 Å². The van der Waals surface area contributed by atoms with Gasteiger partial charge >= 0.3 is 12.1 Å². The lowest BCUT2D eigenvalue weighted by atomic mass is 9.78. The zero-order valence-corrected chi connectivity index (χ0v) is 21.5. The van der Waals surface area contributed by atoms with Crippen LogP contribution in [-0.4, -0.2) is 32.0 Å². The van der Waals surface area contributed by atoms with Gasteiger partial charge in [-0.25, -0.2) is 0 Å². The van der Waals surface area contributed by atoms with Crippen molar-refractivity contribution in [2.75, 3.05) is 29.2 Å². The fraction of sp³-hybridized carbons (Fsp3) is 0.241. The summed E-state index contributed by atoms with van der Waals surface area (Å²) in [6, 6.07) is 19.2. The minimum absolute atomic E-state index is 0.0572. The summed E-state index contributed by atoms with van der Waals surface area (Å²) >= 11 is 6.05. The topological polar surface area (TPSA) is 52.7 Å². The molecule has 3 aromatic rings. The van der Waals surface area contributed by atoms with Crippen molar-refractivity contribution in [1.29, 1.82) is 0 Å². The zero-order chi connectivity index (χ0) is 27.2. The lowest BCUT2D eigenvalue weighted by Crippen LogP contribution is -2.45. The molecule has 1 amide bonds. The Labute approximate surface area is 223 Å². The summed E-state index contributed by atoms with van der Waals surface area (Å²) in [5.74, 6) is -2.54. The molecule has 1 aliphatic carbocycles. The Bertz CT molecular complexity index is 1420. The Hall–Kier alpha value is -3.78. The van der Waals surface area contributed by atoms with Crippen LogP contribution < -0.4 is 15.1 Å². The third kappa shape index (κ3) is 4.76. The van der Waals surface area contributed by atoms with E-state index in [1.54, 1.807) is 54.6 Å². The molecule has 0 saturated carbocycles. The van der Waals surface area contributed by atoms with Gasteiger partial charge in [-0.3, -0.25) is 14.5 Å². The summed E-state index contributed by atoms with van der Waals surface area (Å²) in [5, 5.41) is 3.80. The van der Waals surface area contributed by atoms with E-state index in [4.69, 9.17) is 11.6 Å². The van der Waals surface area contributed by atoms with Crippen LogP contribution in [-0.2, 0) is 9.59 Å². The molecule has 2 atom stereocenters. The van der Waals surface area contributed by atoms with Gasteiger partial charge in [-0.1, -0.05) is 48.0 Å². The number of ketones is 1. The van der Waals surface area contributed by atoms with Gasteiger partial charge in [0.1, 0.15) is 0 Å². The molecule has 5 nitrogen and oxygen atoms in total. The van der Waals surface area contributed by atoms with E-state index < -0.39 is 18.1 Å². The van der Waals surface area contributed by atoms with Crippen LogP contribution in [0.1, 0.15) is 35.9 Å². The number of nitrogens with one attached hydrogen (secondary N) is 1. The van der Waals surface area contributed by atoms with Crippen LogP contribution >= 0.6 is 11.6 Å². The van der Waals surface area contributed by atoms with Crippen molar-refractivity contribution in [3.8, 4) is 0 Å². The Kier molecular flexibility index (Phi) is 6.69. The summed E-state index contributed by atoms with van der Waals surface area (Å²) in [4.78, 5) is 29.4. The highest BCUT2D eigenvalue weighted by molar-refractivity contribution is 6.30. The van der Waals surface area contributed by atoms with Crippen molar-refractivity contribution in [3.05, 3.63) is 100 Å². The highest BCUT2D eigenvalue weighted by Gasteiger charge is 2.49. The maximum Gasteiger partial charge on any atom is 0.471 e. The van der Waals surface area contributed by atoms with Gasteiger partial charge in [0.2, 0.25) is 0 Å². The monoisotopic (exact) mass is 539 g/mol. The molecular formula is C29H25ClF3N3O2. The quantitative estimate of drug-likeness (QED) is 0.395. The first-order valence-corrected chi connectivity index (χ1v) is 12.5. The minimum Gasteiger partial charge on any atom is -0.378 e. The van der Waals surface area contributed by atoms with E-state index in [0.29, 0.717) is 28.4 Å². The van der Waals surface area contributed by atoms with E-state index in [-0.39, 0.29) is 29.4 Å². The van der Waals surface area contributed by atoms with Crippen molar-refractivity contribution < 1.29 is 22.8 Å². The first-order valence-electron chi connectivity index (χ1n) is 12.1. The number of anilines is 3. The number of hydrogen-bond donors (Lipinski definition) is 1. The van der Waals surface area contributed by atoms with Crippen LogP contribution in [0.25, 0.3) is 0 Å². The summed E-state index contributed by atoms with van der Waals surface area (Å²) in [7, 11) is 3.70. The van der Waals surface area contributed by atoms with Gasteiger partial charge in [0.05, 0.1) is 17.4 Å². The number of benzene rings is 3. The predicted molar refractivity (Wildman–Crippen MR) is 143 cm³/mol. The van der Waals surface area contributed by atoms with Gasteiger partial charge in [-0.05, 0) is 59.9 Å². The molecule has 3 aromatic carbocycles. The summed E-state index contributed by atoms with van der Waals surface area (Å²) in [6.45, 7) is 0. The predicted octanol–water partition coefficient (Wildman–Crippen LogP) is 6.87. The van der Waals surface area contributed by atoms with E-state index in [0.717, 1.165) is 16.2 Å². The smallest absolute Gasteiger partial charge is 0.378 e. The molecule has 0 fully saturated rings. The number of halogens is 4. The van der Waals surface area contributed by atoms with Crippen LogP contribution in [0.4, 0.5) is 30.2 Å². The van der Waals surface area contributed by atoms with Gasteiger partial charge < -0.3 is 10.2 Å². The highest BCUT2D eigenvalue weighted by atomic mass is 35.5. The van der Waals surface area contributed by atoms with Crippen molar-refractivity contribution >= 4 is 40.4 Å². The molecule has 196 valence electrons. The number of amides is 1. The SMILES string of the molecule is CN(C)c1ccc([C@@H]2C3=C(C[C@@H](c4ccc(Cl)cc4)CC3=O)Nc3ccccc3N2C(=O)C(F)(F)F)cc1. The van der Waals surface area contributed by atoms with E-state index >= 15 is 0 Å². The largest absolute Gasteiger partial charge is 0.471 e. The van der Waals surface area contributed by atoms with Crippen molar-refractivity contribution in [2.45, 2.75) is 31.0 Å². The fourth-order valence-corrected chi connectivity index (χ4v) is 5.32. The number of rotatable bonds is 3. The van der Waals surface area contributed by atoms with Crippen LogP contribution in [0, 0.1) is 0 Å². The molecule has 0 spiro atoms. The van der Waals surface area contributed by atoms with Gasteiger partial charge in [-0.2, -0.15) is 13.2 Å². The first kappa shape index (κ1) is 25.9. The van der Waals surface area contributed by atoms with E-state index in [2.05, 4.69) is 5.32 Å². The van der Waals surface area contributed by atoms with Crippen LogP contribution in [0.15, 0.2) is 84.1 Å². The second kappa shape index (κ2) is 9.83. The normalized spacial score (nSPS) is 19.3. The number of carbonyl (C=O) groups is 2. The molecule has 1 aliphatic heterocycles. The number of hydrogen-bond acceptors (Lipinski definition) is 4. The van der Waals surface area contributed by atoms with Gasteiger partial charge in [0.15, 0.2) is 5.78 Å². The average molecular weight is 540 g/mol. The number of carbonyl (C=O) groups excluding carboxylic acids is 2. The Morgan fingerprint density at radius 2 is 1.58 bits per heavy atom. The Morgan fingerprint density at radius 3 is 2.21 bits per heavy atom. The molecule has 0 radical (unpaired) electrons. The van der Waals surface area contributed by atoms with E-state index in [1.807, 2.05) is 31.1 Å². The van der Waals surface area contributed by atoms with Gasteiger partial charge in [0.25, 0.3) is 0 Å². The maximum absolute atomic E-state index is 14.0. The van der Waals surface area contributed by atoms with Crippen molar-refractivity contribution in [3.63, 3.8) is 0 Å². The molecule has 0 unspecified atom stereocenters. The zero-order valence-electron chi connectivity index (χ0n) is 20.7. The molecule has 5 rings (SSSR count). The molecule has 1 heterocycles. The third-order valence-electron chi connectivity index (χ3n) is 7.02. The van der Waals surface area contributed by atoms with Gasteiger partial charge in [0, 0.05) is 42.5 Å². The number of allylic oxidation sites excluding steroid dienone is 1. The molecule has 38 heavy (non-hydrogen) atoms. The van der Waals surface area contributed by atoms with Crippen molar-refractivity contribution in [2.24, 2.45) is 0 Å². The molecule has 0 saturated heterocycles. The summed E-state index contributed by atoms with van der Waals surface area (Å²) in [6.07, 6.45) is -4.67. The summed E-state index contributed by atoms with van der Waals surface area (Å²) < 4.78 is 42.1. The fourth-order valence-electron chi connectivity index (χ4n) is 5.19. The number of Topliss-reactive ketones (excluding diaryl/α,β-unsaturated/α-hetero) is 1. The van der Waals surface area contributed by atoms with Crippen molar-refractivity contribution in [1.82, 2.24) is 0 Å². The van der Waals surface area contributed by atoms with E-state index in [1.165, 1.54) is 6.07 Å². The highest BCUT2D eigenvalue weighted by Crippen LogP contribution is 2.48. The second-order valence-electron chi connectivity index (χ2n) is 9.68. The number of fused-ring (bicyclic) bond motifs is 1. The number of alkyl halides is 3. The molecular weight excluding hydrogens is 515 g/mol. The van der Waals surface area contributed by atoms with Gasteiger partial charge in [-0.15, -0.1) is 0 Å². The van der Waals surface area contributed by atoms with Crippen LogP contribution in [0.3, 0.4) is 0 Å². The first-order chi connectivity index (χ1) is 18.0. The van der Waals surface area contributed by atoms with E-state index in [9.17, 15) is 22.8 Å². The lowest BCUT2D eigenvalue weighted by molar-refractivity contribution is -0.170. The average Bonchev–Trinajstić information content (AvgIpc) is 3.02. The number of para-hydroxylation sites is 2.